The van der Waals surface area contributed by atoms with Crippen molar-refractivity contribution in [1.82, 2.24) is 20.6 Å². The van der Waals surface area contributed by atoms with Crippen LogP contribution < -0.4 is 10.1 Å². The molecule has 0 aliphatic rings. The van der Waals surface area contributed by atoms with Gasteiger partial charge in [0.2, 0.25) is 5.82 Å². The molecular weight excluding hydrogens is 354 g/mol. The SMILES string of the molecule is Cc1ccc(Oc2ccc(NC(=O)c3ccc(-c4nn[nH]n4)cc3)cc2)cc1. The van der Waals surface area contributed by atoms with Crippen LogP contribution in [0, 0.1) is 6.92 Å². The van der Waals surface area contributed by atoms with E-state index < -0.39 is 0 Å². The normalized spacial score (nSPS) is 10.5. The molecule has 138 valence electrons. The maximum atomic E-state index is 12.4. The number of hydrogen-bond acceptors (Lipinski definition) is 5. The third-order valence-electron chi connectivity index (χ3n) is 4.12. The van der Waals surface area contributed by atoms with Gasteiger partial charge in [0.25, 0.3) is 5.91 Å². The van der Waals surface area contributed by atoms with Crippen molar-refractivity contribution in [1.29, 1.82) is 0 Å². The number of aromatic nitrogens is 4. The molecule has 0 atom stereocenters. The van der Waals surface area contributed by atoms with Crippen LogP contribution in [0.5, 0.6) is 11.5 Å². The van der Waals surface area contributed by atoms with E-state index in [-0.39, 0.29) is 5.91 Å². The number of ether oxygens (including phenoxy) is 1. The minimum Gasteiger partial charge on any atom is -0.457 e. The van der Waals surface area contributed by atoms with Crippen LogP contribution in [0.3, 0.4) is 0 Å². The van der Waals surface area contributed by atoms with Crippen molar-refractivity contribution in [3.8, 4) is 22.9 Å². The van der Waals surface area contributed by atoms with Crippen molar-refractivity contribution >= 4 is 11.6 Å². The first-order valence-electron chi connectivity index (χ1n) is 8.67. The molecule has 1 amide bonds. The monoisotopic (exact) mass is 371 g/mol. The molecule has 0 bridgehead atoms. The van der Waals surface area contributed by atoms with E-state index >= 15 is 0 Å². The van der Waals surface area contributed by atoms with Crippen molar-refractivity contribution in [2.45, 2.75) is 6.92 Å². The lowest BCUT2D eigenvalue weighted by Gasteiger charge is -2.08. The number of anilines is 1. The molecule has 0 aliphatic heterocycles. The van der Waals surface area contributed by atoms with Crippen molar-refractivity contribution in [3.63, 3.8) is 0 Å². The van der Waals surface area contributed by atoms with Crippen LogP contribution in [0.1, 0.15) is 15.9 Å². The smallest absolute Gasteiger partial charge is 0.255 e. The van der Waals surface area contributed by atoms with E-state index in [4.69, 9.17) is 4.74 Å². The number of carbonyl (C=O) groups is 1. The van der Waals surface area contributed by atoms with E-state index in [2.05, 4.69) is 25.9 Å². The Morgan fingerprint density at radius 3 is 2.14 bits per heavy atom. The van der Waals surface area contributed by atoms with Gasteiger partial charge < -0.3 is 10.1 Å². The maximum absolute atomic E-state index is 12.4. The zero-order valence-corrected chi connectivity index (χ0v) is 15.1. The molecule has 7 nitrogen and oxygen atoms in total. The summed E-state index contributed by atoms with van der Waals surface area (Å²) in [5, 5.41) is 16.6. The highest BCUT2D eigenvalue weighted by molar-refractivity contribution is 6.04. The summed E-state index contributed by atoms with van der Waals surface area (Å²) in [4.78, 5) is 12.4. The molecule has 0 aliphatic carbocycles. The molecular formula is C21H17N5O2. The Morgan fingerprint density at radius 2 is 1.54 bits per heavy atom. The third kappa shape index (κ3) is 4.04. The zero-order valence-electron chi connectivity index (χ0n) is 15.1. The molecule has 7 heteroatoms. The van der Waals surface area contributed by atoms with E-state index in [1.807, 2.05) is 43.3 Å². The van der Waals surface area contributed by atoms with Crippen LogP contribution in [0.2, 0.25) is 0 Å². The summed E-state index contributed by atoms with van der Waals surface area (Å²) >= 11 is 0. The number of H-pyrrole nitrogens is 1. The summed E-state index contributed by atoms with van der Waals surface area (Å²) < 4.78 is 5.79. The van der Waals surface area contributed by atoms with Crippen molar-refractivity contribution < 1.29 is 9.53 Å². The van der Waals surface area contributed by atoms with Gasteiger partial charge in [-0.2, -0.15) is 5.21 Å². The second kappa shape index (κ2) is 7.71. The molecule has 4 rings (SSSR count). The van der Waals surface area contributed by atoms with Gasteiger partial charge in [0.1, 0.15) is 11.5 Å². The number of aryl methyl sites for hydroxylation is 1. The first kappa shape index (κ1) is 17.4. The van der Waals surface area contributed by atoms with E-state index in [1.165, 1.54) is 5.56 Å². The Bertz CT molecular complexity index is 1060. The molecule has 0 spiro atoms. The molecule has 0 fully saturated rings. The Hall–Kier alpha value is -4.00. The van der Waals surface area contributed by atoms with Crippen LogP contribution >= 0.6 is 0 Å². The minimum atomic E-state index is -0.202. The molecule has 2 N–H and O–H groups in total. The topological polar surface area (TPSA) is 92.8 Å². The number of hydrogen-bond donors (Lipinski definition) is 2. The summed E-state index contributed by atoms with van der Waals surface area (Å²) in [7, 11) is 0. The largest absolute Gasteiger partial charge is 0.457 e. The van der Waals surface area contributed by atoms with Crippen LogP contribution in [-0.2, 0) is 0 Å². The Kier molecular flexibility index (Phi) is 4.79. The number of nitrogens with one attached hydrogen (secondary N) is 2. The van der Waals surface area contributed by atoms with Gasteiger partial charge in [0.15, 0.2) is 0 Å². The Labute approximate surface area is 161 Å². The second-order valence-corrected chi connectivity index (χ2v) is 6.21. The molecule has 4 aromatic rings. The molecule has 1 heterocycles. The summed E-state index contributed by atoms with van der Waals surface area (Å²) in [6.07, 6.45) is 0. The molecule has 0 radical (unpaired) electrons. The first-order chi connectivity index (χ1) is 13.7. The van der Waals surface area contributed by atoms with Crippen LogP contribution in [-0.4, -0.2) is 26.5 Å². The minimum absolute atomic E-state index is 0.202. The Morgan fingerprint density at radius 1 is 0.893 bits per heavy atom. The number of carbonyl (C=O) groups excluding carboxylic acids is 1. The lowest BCUT2D eigenvalue weighted by molar-refractivity contribution is 0.102. The van der Waals surface area contributed by atoms with Gasteiger partial charge in [-0.25, -0.2) is 0 Å². The molecule has 3 aromatic carbocycles. The fourth-order valence-electron chi connectivity index (χ4n) is 2.61. The maximum Gasteiger partial charge on any atom is 0.255 e. The number of amides is 1. The molecule has 28 heavy (non-hydrogen) atoms. The molecule has 0 saturated heterocycles. The molecule has 1 aromatic heterocycles. The van der Waals surface area contributed by atoms with Crippen molar-refractivity contribution in [3.05, 3.63) is 83.9 Å². The lowest BCUT2D eigenvalue weighted by Crippen LogP contribution is -2.11. The van der Waals surface area contributed by atoms with Crippen molar-refractivity contribution in [2.75, 3.05) is 5.32 Å². The van der Waals surface area contributed by atoms with E-state index in [0.717, 1.165) is 11.3 Å². The highest BCUT2D eigenvalue weighted by atomic mass is 16.5. The van der Waals surface area contributed by atoms with Gasteiger partial charge in [0, 0.05) is 16.8 Å². The third-order valence-corrected chi connectivity index (χ3v) is 4.12. The van der Waals surface area contributed by atoms with E-state index in [9.17, 15) is 4.79 Å². The highest BCUT2D eigenvalue weighted by Crippen LogP contribution is 2.23. The summed E-state index contributed by atoms with van der Waals surface area (Å²) in [5.41, 5.74) is 3.18. The Balaban J connectivity index is 1.39. The van der Waals surface area contributed by atoms with Crippen LogP contribution in [0.25, 0.3) is 11.4 Å². The van der Waals surface area contributed by atoms with Crippen LogP contribution in [0.4, 0.5) is 5.69 Å². The zero-order chi connectivity index (χ0) is 19.3. The second-order valence-electron chi connectivity index (χ2n) is 6.21. The van der Waals surface area contributed by atoms with E-state index in [1.54, 1.807) is 36.4 Å². The number of tetrazole rings is 1. The van der Waals surface area contributed by atoms with Gasteiger partial charge in [-0.1, -0.05) is 29.8 Å². The number of rotatable bonds is 5. The fourth-order valence-corrected chi connectivity index (χ4v) is 2.61. The predicted octanol–water partition coefficient (Wildman–Crippen LogP) is 4.22. The van der Waals surface area contributed by atoms with Gasteiger partial charge in [-0.15, -0.1) is 10.2 Å². The van der Waals surface area contributed by atoms with Crippen LogP contribution in [0.15, 0.2) is 72.8 Å². The number of benzene rings is 3. The quantitative estimate of drug-likeness (QED) is 0.548. The average molecular weight is 371 g/mol. The predicted molar refractivity (Wildman–Crippen MR) is 105 cm³/mol. The highest BCUT2D eigenvalue weighted by Gasteiger charge is 2.08. The van der Waals surface area contributed by atoms with Gasteiger partial charge >= 0.3 is 0 Å². The average Bonchev–Trinajstić information content (AvgIpc) is 3.26. The fraction of sp³-hybridized carbons (Fsp3) is 0.0476. The van der Waals surface area contributed by atoms with E-state index in [0.29, 0.717) is 22.8 Å². The van der Waals surface area contributed by atoms with Gasteiger partial charge in [-0.05, 0) is 60.7 Å². The lowest BCUT2D eigenvalue weighted by atomic mass is 10.1. The van der Waals surface area contributed by atoms with Crippen molar-refractivity contribution in [2.24, 2.45) is 0 Å². The first-order valence-corrected chi connectivity index (χ1v) is 8.67. The number of nitrogens with zero attached hydrogens (tertiary/aromatic N) is 3. The molecule has 0 saturated carbocycles. The summed E-state index contributed by atoms with van der Waals surface area (Å²) in [5.74, 6) is 1.75. The number of aromatic amines is 1. The van der Waals surface area contributed by atoms with Gasteiger partial charge in [0.05, 0.1) is 0 Å². The molecule has 0 unspecified atom stereocenters. The standard InChI is InChI=1S/C21H17N5O2/c1-14-2-10-18(11-3-14)28-19-12-8-17(9-13-19)22-21(27)16-6-4-15(5-7-16)20-23-25-26-24-20/h2-13H,1H3,(H,22,27)(H,23,24,25,26). The summed E-state index contributed by atoms with van der Waals surface area (Å²) in [6.45, 7) is 2.03. The van der Waals surface area contributed by atoms with Gasteiger partial charge in [-0.3, -0.25) is 4.79 Å². The summed E-state index contributed by atoms with van der Waals surface area (Å²) in [6, 6.07) is 22.0.